The first-order valence-corrected chi connectivity index (χ1v) is 5.94. The van der Waals surface area contributed by atoms with Crippen molar-refractivity contribution in [2.75, 3.05) is 24.6 Å². The highest BCUT2D eigenvalue weighted by atomic mass is 32.2. The Kier molecular flexibility index (Phi) is 3.18. The summed E-state index contributed by atoms with van der Waals surface area (Å²) in [6, 6.07) is -0.340. The van der Waals surface area contributed by atoms with Crippen molar-refractivity contribution in [3.63, 3.8) is 0 Å². The molecule has 3 N–H and O–H groups in total. The van der Waals surface area contributed by atoms with Crippen LogP contribution >= 0.6 is 11.8 Å². The van der Waals surface area contributed by atoms with E-state index in [0.29, 0.717) is 24.2 Å². The summed E-state index contributed by atoms with van der Waals surface area (Å²) in [7, 11) is 1.71. The fraction of sp³-hybridized carbons (Fsp3) is 0.500. The van der Waals surface area contributed by atoms with E-state index in [4.69, 9.17) is 5.73 Å². The highest BCUT2D eigenvalue weighted by Gasteiger charge is 2.26. The van der Waals surface area contributed by atoms with E-state index < -0.39 is 0 Å². The van der Waals surface area contributed by atoms with Gasteiger partial charge in [-0.3, -0.25) is 14.3 Å². The summed E-state index contributed by atoms with van der Waals surface area (Å²) in [4.78, 5) is 24.1. The standard InChI is InChI=1S/C8H12N6O2S/c1-13-6(9)11-12-8(13)17-4-5(15)14-3-2-10-7(14)16/h2-4H2,1H3,(H2,9,11)(H,10,16). The lowest BCUT2D eigenvalue weighted by Gasteiger charge is -2.11. The van der Waals surface area contributed by atoms with Gasteiger partial charge in [0.15, 0.2) is 5.16 Å². The van der Waals surface area contributed by atoms with Gasteiger partial charge in [-0.05, 0) is 0 Å². The van der Waals surface area contributed by atoms with E-state index in [1.165, 1.54) is 16.7 Å². The maximum absolute atomic E-state index is 11.7. The second-order valence-corrected chi connectivity index (χ2v) is 4.41. The largest absolute Gasteiger partial charge is 0.368 e. The van der Waals surface area contributed by atoms with Crippen LogP contribution in [0, 0.1) is 0 Å². The van der Waals surface area contributed by atoms with Crippen LogP contribution in [-0.2, 0) is 11.8 Å². The van der Waals surface area contributed by atoms with Crippen molar-refractivity contribution >= 4 is 29.6 Å². The van der Waals surface area contributed by atoms with Crippen LogP contribution < -0.4 is 11.1 Å². The molecule has 9 heteroatoms. The molecule has 0 atom stereocenters. The van der Waals surface area contributed by atoms with Gasteiger partial charge in [-0.2, -0.15) is 0 Å². The van der Waals surface area contributed by atoms with Gasteiger partial charge in [0, 0.05) is 20.1 Å². The van der Waals surface area contributed by atoms with Crippen LogP contribution in [0.1, 0.15) is 0 Å². The lowest BCUT2D eigenvalue weighted by atomic mass is 10.5. The average molecular weight is 256 g/mol. The van der Waals surface area contributed by atoms with E-state index in [0.717, 1.165) is 0 Å². The number of carbonyl (C=O) groups is 2. The maximum Gasteiger partial charge on any atom is 0.324 e. The molecule has 1 aromatic rings. The third-order valence-corrected chi connectivity index (χ3v) is 3.36. The Balaban J connectivity index is 1.92. The van der Waals surface area contributed by atoms with Crippen LogP contribution in [0.5, 0.6) is 0 Å². The predicted molar refractivity (Wildman–Crippen MR) is 61.3 cm³/mol. The number of rotatable bonds is 3. The molecule has 0 aromatic carbocycles. The summed E-state index contributed by atoms with van der Waals surface area (Å²) >= 11 is 1.20. The lowest BCUT2D eigenvalue weighted by molar-refractivity contribution is -0.124. The zero-order valence-electron chi connectivity index (χ0n) is 9.21. The first kappa shape index (κ1) is 11.7. The number of nitrogens with one attached hydrogen (secondary N) is 1. The van der Waals surface area contributed by atoms with Crippen LogP contribution in [0.3, 0.4) is 0 Å². The molecule has 1 aliphatic rings. The van der Waals surface area contributed by atoms with Gasteiger partial charge in [0.1, 0.15) is 0 Å². The number of aromatic nitrogens is 3. The van der Waals surface area contributed by atoms with E-state index in [9.17, 15) is 9.59 Å². The third kappa shape index (κ3) is 2.33. The maximum atomic E-state index is 11.7. The minimum absolute atomic E-state index is 0.138. The highest BCUT2D eigenvalue weighted by Crippen LogP contribution is 2.17. The first-order valence-electron chi connectivity index (χ1n) is 4.95. The van der Waals surface area contributed by atoms with Crippen LogP contribution in [-0.4, -0.2) is 50.4 Å². The number of urea groups is 1. The summed E-state index contributed by atoms with van der Waals surface area (Å²) in [5.41, 5.74) is 5.51. The number of thioether (sulfide) groups is 1. The molecule has 2 heterocycles. The number of imide groups is 1. The molecule has 3 amide bonds. The summed E-state index contributed by atoms with van der Waals surface area (Å²) in [6.07, 6.45) is 0. The molecule has 92 valence electrons. The van der Waals surface area contributed by atoms with Crippen LogP contribution in [0.15, 0.2) is 5.16 Å². The Morgan fingerprint density at radius 2 is 2.35 bits per heavy atom. The van der Waals surface area contributed by atoms with Crippen molar-refractivity contribution in [2.45, 2.75) is 5.16 Å². The van der Waals surface area contributed by atoms with Crippen molar-refractivity contribution in [1.29, 1.82) is 0 Å². The lowest BCUT2D eigenvalue weighted by Crippen LogP contribution is -2.35. The van der Waals surface area contributed by atoms with Gasteiger partial charge in [0.2, 0.25) is 11.9 Å². The predicted octanol–water partition coefficient (Wildman–Crippen LogP) is -0.959. The monoisotopic (exact) mass is 256 g/mol. The molecule has 0 radical (unpaired) electrons. The number of nitrogens with zero attached hydrogens (tertiary/aromatic N) is 4. The topological polar surface area (TPSA) is 106 Å². The van der Waals surface area contributed by atoms with Crippen LogP contribution in [0.4, 0.5) is 10.7 Å². The molecule has 2 rings (SSSR count). The first-order chi connectivity index (χ1) is 8.09. The van der Waals surface area contributed by atoms with E-state index >= 15 is 0 Å². The summed E-state index contributed by atoms with van der Waals surface area (Å²) in [5.74, 6) is 0.185. The van der Waals surface area contributed by atoms with Gasteiger partial charge in [-0.15, -0.1) is 10.2 Å². The Hall–Kier alpha value is -1.77. The number of carbonyl (C=O) groups excluding carboxylic acids is 2. The second-order valence-electron chi connectivity index (χ2n) is 3.47. The molecule has 0 spiro atoms. The third-order valence-electron chi connectivity index (χ3n) is 2.35. The SMILES string of the molecule is Cn1c(N)nnc1SCC(=O)N1CCNC1=O. The zero-order valence-corrected chi connectivity index (χ0v) is 10.0. The van der Waals surface area contributed by atoms with E-state index in [1.54, 1.807) is 11.6 Å². The number of hydrogen-bond acceptors (Lipinski definition) is 6. The molecule has 8 nitrogen and oxygen atoms in total. The average Bonchev–Trinajstić information content (AvgIpc) is 2.85. The molecule has 1 fully saturated rings. The van der Waals surface area contributed by atoms with E-state index in [-0.39, 0.29) is 17.7 Å². The van der Waals surface area contributed by atoms with Gasteiger partial charge in [0.25, 0.3) is 0 Å². The summed E-state index contributed by atoms with van der Waals surface area (Å²) in [6.45, 7) is 0.922. The van der Waals surface area contributed by atoms with Crippen molar-refractivity contribution < 1.29 is 9.59 Å². The van der Waals surface area contributed by atoms with Gasteiger partial charge in [-0.1, -0.05) is 11.8 Å². The Morgan fingerprint density at radius 3 is 2.88 bits per heavy atom. The summed E-state index contributed by atoms with van der Waals surface area (Å²) in [5, 5.41) is 10.6. The molecule has 0 bridgehead atoms. The molecule has 1 aliphatic heterocycles. The normalized spacial score (nSPS) is 15.1. The number of nitrogens with two attached hydrogens (primary N) is 1. The number of anilines is 1. The van der Waals surface area contributed by atoms with Gasteiger partial charge in [-0.25, -0.2) is 4.79 Å². The molecular weight excluding hydrogens is 244 g/mol. The van der Waals surface area contributed by atoms with Gasteiger partial charge >= 0.3 is 6.03 Å². The molecule has 0 unspecified atom stereocenters. The highest BCUT2D eigenvalue weighted by molar-refractivity contribution is 7.99. The van der Waals surface area contributed by atoms with E-state index in [2.05, 4.69) is 15.5 Å². The molecule has 1 saturated heterocycles. The minimum atomic E-state index is -0.340. The van der Waals surface area contributed by atoms with Crippen molar-refractivity contribution in [3.8, 4) is 0 Å². The van der Waals surface area contributed by atoms with Gasteiger partial charge in [0.05, 0.1) is 5.75 Å². The Labute approximate surface area is 102 Å². The van der Waals surface area contributed by atoms with Crippen molar-refractivity contribution in [3.05, 3.63) is 0 Å². The zero-order chi connectivity index (χ0) is 12.4. The second kappa shape index (κ2) is 4.62. The minimum Gasteiger partial charge on any atom is -0.368 e. The Morgan fingerprint density at radius 1 is 1.59 bits per heavy atom. The molecule has 0 aliphatic carbocycles. The van der Waals surface area contributed by atoms with Gasteiger partial charge < -0.3 is 11.1 Å². The number of amides is 3. The molecular formula is C8H12N6O2S. The molecule has 1 aromatic heterocycles. The van der Waals surface area contributed by atoms with Crippen LogP contribution in [0.2, 0.25) is 0 Å². The van der Waals surface area contributed by atoms with Crippen molar-refractivity contribution in [2.24, 2.45) is 7.05 Å². The van der Waals surface area contributed by atoms with Crippen LogP contribution in [0.25, 0.3) is 0 Å². The quantitative estimate of drug-likeness (QED) is 0.675. The number of nitrogen functional groups attached to an aromatic ring is 1. The van der Waals surface area contributed by atoms with E-state index in [1.807, 2.05) is 0 Å². The fourth-order valence-corrected chi connectivity index (χ4v) is 2.16. The molecule has 0 saturated carbocycles. The summed E-state index contributed by atoms with van der Waals surface area (Å²) < 4.78 is 1.59. The fourth-order valence-electron chi connectivity index (χ4n) is 1.37. The smallest absolute Gasteiger partial charge is 0.324 e. The molecule has 17 heavy (non-hydrogen) atoms. The number of hydrogen-bond donors (Lipinski definition) is 2. The Bertz CT molecular complexity index is 459. The van der Waals surface area contributed by atoms with Crippen molar-refractivity contribution in [1.82, 2.24) is 25.0 Å².